The lowest BCUT2D eigenvalue weighted by Crippen LogP contribution is -2.39. The predicted octanol–water partition coefficient (Wildman–Crippen LogP) is 1.13. The van der Waals surface area contributed by atoms with Gasteiger partial charge in [0.15, 0.2) is 0 Å². The van der Waals surface area contributed by atoms with Gasteiger partial charge in [0, 0.05) is 18.2 Å². The van der Waals surface area contributed by atoms with Gasteiger partial charge in [-0.1, -0.05) is 0 Å². The molecule has 1 atom stereocenters. The summed E-state index contributed by atoms with van der Waals surface area (Å²) in [5, 5.41) is 3.34. The Morgan fingerprint density at radius 3 is 2.76 bits per heavy atom. The van der Waals surface area contributed by atoms with E-state index in [0.29, 0.717) is 16.7 Å². The van der Waals surface area contributed by atoms with Crippen LogP contribution in [-0.4, -0.2) is 38.7 Å². The number of nitrogens with two attached hydrogens (primary N) is 1. The molecular weight excluding hydrogens is 276 g/mol. The van der Waals surface area contributed by atoms with Crippen molar-refractivity contribution in [3.63, 3.8) is 0 Å². The van der Waals surface area contributed by atoms with Crippen LogP contribution in [0.25, 0.3) is 11.0 Å². The molecule has 0 radical (unpaired) electrons. The topological polar surface area (TPSA) is 104 Å². The molecule has 1 aromatic heterocycles. The summed E-state index contributed by atoms with van der Waals surface area (Å²) < 4.78 is 14.7. The van der Waals surface area contributed by atoms with Crippen LogP contribution < -0.4 is 11.1 Å². The summed E-state index contributed by atoms with van der Waals surface area (Å²) in [4.78, 5) is 23.2. The summed E-state index contributed by atoms with van der Waals surface area (Å²) in [7, 11) is 2.75. The first kappa shape index (κ1) is 15.0. The number of amides is 1. The molecule has 2 aromatic rings. The van der Waals surface area contributed by atoms with Crippen molar-refractivity contribution < 1.29 is 23.5 Å². The van der Waals surface area contributed by atoms with Gasteiger partial charge in [-0.3, -0.25) is 4.79 Å². The number of hydrogen-bond donors (Lipinski definition) is 2. The van der Waals surface area contributed by atoms with E-state index in [2.05, 4.69) is 10.1 Å². The van der Waals surface area contributed by atoms with E-state index in [1.54, 1.807) is 24.3 Å². The second kappa shape index (κ2) is 6.38. The molecule has 3 N–H and O–H groups in total. The quantitative estimate of drug-likeness (QED) is 0.801. The van der Waals surface area contributed by atoms with E-state index in [-0.39, 0.29) is 18.3 Å². The fourth-order valence-electron chi connectivity index (χ4n) is 1.81. The third kappa shape index (κ3) is 3.39. The summed E-state index contributed by atoms with van der Waals surface area (Å²) in [6.45, 7) is 0.131. The van der Waals surface area contributed by atoms with Crippen LogP contribution in [0.3, 0.4) is 0 Å². The lowest BCUT2D eigenvalue weighted by molar-refractivity contribution is -0.118. The highest BCUT2D eigenvalue weighted by atomic mass is 16.5. The van der Waals surface area contributed by atoms with E-state index in [4.69, 9.17) is 14.9 Å². The molecular formula is C14H16N2O5. The van der Waals surface area contributed by atoms with Gasteiger partial charge in [0.25, 0.3) is 0 Å². The van der Waals surface area contributed by atoms with Crippen LogP contribution in [0.15, 0.2) is 28.7 Å². The van der Waals surface area contributed by atoms with Crippen molar-refractivity contribution in [1.29, 1.82) is 0 Å². The van der Waals surface area contributed by atoms with Crippen LogP contribution in [0.4, 0.5) is 5.69 Å². The molecule has 0 fully saturated rings. The summed E-state index contributed by atoms with van der Waals surface area (Å²) in [6.07, 6.45) is 0. The Balaban J connectivity index is 2.19. The SMILES string of the molecule is COCC(N)C(=O)Nc1ccc2oc(C(=O)OC)cc2c1. The number of nitrogens with one attached hydrogen (secondary N) is 1. The molecule has 1 unspecified atom stereocenters. The molecule has 2 rings (SSSR count). The van der Waals surface area contributed by atoms with Gasteiger partial charge in [-0.2, -0.15) is 0 Å². The summed E-state index contributed by atoms with van der Waals surface area (Å²) >= 11 is 0. The third-order valence-electron chi connectivity index (χ3n) is 2.85. The standard InChI is InChI=1S/C14H16N2O5/c1-19-7-10(15)13(17)16-9-3-4-11-8(5-9)6-12(21-11)14(18)20-2/h3-6,10H,7,15H2,1-2H3,(H,16,17). The van der Waals surface area contributed by atoms with Crippen molar-refractivity contribution >= 4 is 28.5 Å². The van der Waals surface area contributed by atoms with E-state index in [0.717, 1.165) is 0 Å². The normalized spacial score (nSPS) is 12.1. The number of anilines is 1. The highest BCUT2D eigenvalue weighted by molar-refractivity contribution is 5.98. The molecule has 7 nitrogen and oxygen atoms in total. The zero-order valence-corrected chi connectivity index (χ0v) is 11.7. The van der Waals surface area contributed by atoms with E-state index in [1.165, 1.54) is 14.2 Å². The molecule has 0 aliphatic carbocycles. The van der Waals surface area contributed by atoms with Gasteiger partial charge in [-0.25, -0.2) is 4.79 Å². The highest BCUT2D eigenvalue weighted by Gasteiger charge is 2.15. The first-order valence-electron chi connectivity index (χ1n) is 6.22. The zero-order valence-electron chi connectivity index (χ0n) is 11.7. The van der Waals surface area contributed by atoms with Crippen LogP contribution in [-0.2, 0) is 14.3 Å². The average molecular weight is 292 g/mol. The Kier molecular flexibility index (Phi) is 4.56. The van der Waals surface area contributed by atoms with Crippen molar-refractivity contribution in [2.75, 3.05) is 26.1 Å². The van der Waals surface area contributed by atoms with Crippen molar-refractivity contribution in [1.82, 2.24) is 0 Å². The first-order valence-corrected chi connectivity index (χ1v) is 6.22. The maximum absolute atomic E-state index is 11.8. The second-order valence-corrected chi connectivity index (χ2v) is 4.41. The number of ether oxygens (including phenoxy) is 2. The number of carbonyl (C=O) groups excluding carboxylic acids is 2. The van der Waals surface area contributed by atoms with Gasteiger partial charge in [-0.05, 0) is 24.3 Å². The molecule has 1 amide bonds. The van der Waals surface area contributed by atoms with Gasteiger partial charge in [-0.15, -0.1) is 0 Å². The highest BCUT2D eigenvalue weighted by Crippen LogP contribution is 2.23. The van der Waals surface area contributed by atoms with Crippen molar-refractivity contribution in [2.24, 2.45) is 5.73 Å². The smallest absolute Gasteiger partial charge is 0.373 e. The van der Waals surface area contributed by atoms with E-state index >= 15 is 0 Å². The second-order valence-electron chi connectivity index (χ2n) is 4.41. The van der Waals surface area contributed by atoms with Gasteiger partial charge >= 0.3 is 5.97 Å². The van der Waals surface area contributed by atoms with E-state index in [9.17, 15) is 9.59 Å². The summed E-state index contributed by atoms with van der Waals surface area (Å²) in [5.41, 5.74) is 6.71. The van der Waals surface area contributed by atoms with E-state index in [1.807, 2.05) is 0 Å². The molecule has 0 aliphatic heterocycles. The molecule has 21 heavy (non-hydrogen) atoms. The first-order chi connectivity index (χ1) is 10.0. The Morgan fingerprint density at radius 1 is 1.33 bits per heavy atom. The van der Waals surface area contributed by atoms with Crippen molar-refractivity contribution in [2.45, 2.75) is 6.04 Å². The minimum absolute atomic E-state index is 0.104. The number of benzene rings is 1. The molecule has 1 heterocycles. The molecule has 7 heteroatoms. The summed E-state index contributed by atoms with van der Waals surface area (Å²) in [6, 6.07) is 5.79. The van der Waals surface area contributed by atoms with Gasteiger partial charge < -0.3 is 24.9 Å². The fraction of sp³-hybridized carbons (Fsp3) is 0.286. The third-order valence-corrected chi connectivity index (χ3v) is 2.85. The Morgan fingerprint density at radius 2 is 2.10 bits per heavy atom. The largest absolute Gasteiger partial charge is 0.463 e. The lowest BCUT2D eigenvalue weighted by Gasteiger charge is -2.11. The van der Waals surface area contributed by atoms with Gasteiger partial charge in [0.2, 0.25) is 11.7 Å². The number of furan rings is 1. The fourth-order valence-corrected chi connectivity index (χ4v) is 1.81. The predicted molar refractivity (Wildman–Crippen MR) is 76.0 cm³/mol. The van der Waals surface area contributed by atoms with Crippen LogP contribution in [0.2, 0.25) is 0 Å². The van der Waals surface area contributed by atoms with Crippen LogP contribution in [0.5, 0.6) is 0 Å². The molecule has 0 spiro atoms. The van der Waals surface area contributed by atoms with Crippen molar-refractivity contribution in [3.05, 3.63) is 30.0 Å². The number of carbonyl (C=O) groups is 2. The van der Waals surface area contributed by atoms with Crippen LogP contribution in [0.1, 0.15) is 10.6 Å². The minimum Gasteiger partial charge on any atom is -0.463 e. The monoisotopic (exact) mass is 292 g/mol. The van der Waals surface area contributed by atoms with Gasteiger partial charge in [0.1, 0.15) is 11.6 Å². The average Bonchev–Trinajstić information content (AvgIpc) is 2.89. The Labute approximate surface area is 121 Å². The molecule has 0 bridgehead atoms. The molecule has 0 saturated carbocycles. The number of esters is 1. The number of rotatable bonds is 5. The summed E-state index contributed by atoms with van der Waals surface area (Å²) in [5.74, 6) is -0.807. The Bertz CT molecular complexity index is 664. The number of fused-ring (bicyclic) bond motifs is 1. The maximum atomic E-state index is 11.8. The number of methoxy groups -OCH3 is 2. The van der Waals surface area contributed by atoms with Crippen LogP contribution >= 0.6 is 0 Å². The Hall–Kier alpha value is -2.38. The van der Waals surface area contributed by atoms with Crippen molar-refractivity contribution in [3.8, 4) is 0 Å². The minimum atomic E-state index is -0.749. The van der Waals surface area contributed by atoms with Gasteiger partial charge in [0.05, 0.1) is 13.7 Å². The van der Waals surface area contributed by atoms with E-state index < -0.39 is 12.0 Å². The molecule has 0 saturated heterocycles. The molecule has 112 valence electrons. The number of hydrogen-bond acceptors (Lipinski definition) is 6. The van der Waals surface area contributed by atoms with Crippen LogP contribution in [0, 0.1) is 0 Å². The lowest BCUT2D eigenvalue weighted by atomic mass is 10.2. The molecule has 0 aliphatic rings. The zero-order chi connectivity index (χ0) is 15.4. The maximum Gasteiger partial charge on any atom is 0.373 e. The molecule has 1 aromatic carbocycles.